The fourth-order valence-electron chi connectivity index (χ4n) is 5.33. The van der Waals surface area contributed by atoms with E-state index in [2.05, 4.69) is 12.1 Å². The summed E-state index contributed by atoms with van der Waals surface area (Å²) in [4.78, 5) is 30.7. The van der Waals surface area contributed by atoms with Gasteiger partial charge in [0.15, 0.2) is 16.3 Å². The minimum absolute atomic E-state index is 0.00790. The van der Waals surface area contributed by atoms with Crippen LogP contribution in [0.4, 0.5) is 5.69 Å². The number of benzene rings is 3. The molecule has 1 aromatic heterocycles. The smallest absolute Gasteiger partial charge is 0.271 e. The van der Waals surface area contributed by atoms with Crippen LogP contribution in [0.2, 0.25) is 0 Å². The third-order valence-corrected chi connectivity index (χ3v) is 8.04. The Morgan fingerprint density at radius 3 is 2.74 bits per heavy atom. The van der Waals surface area contributed by atoms with Gasteiger partial charge >= 0.3 is 0 Å². The highest BCUT2D eigenvalue weighted by Gasteiger charge is 2.33. The standard InChI is InChI=1S/C30H25N3O5S/c1-3-38-24-14-11-18(15-25(24)37-2)16-26-29(34)32-28(20-8-6-9-21(17-20)33(35)36)23-13-12-19-7-4-5-10-22(19)27(23)31-30(32)39-26/h4-11,14-17,28H,3,12-13H2,1-2H3/b26-16+/t28-/m0/s1. The van der Waals surface area contributed by atoms with Crippen LogP contribution in [0.25, 0.3) is 11.8 Å². The van der Waals surface area contributed by atoms with Crippen LogP contribution in [0.1, 0.15) is 41.6 Å². The average Bonchev–Trinajstić information content (AvgIpc) is 3.26. The van der Waals surface area contributed by atoms with Crippen molar-refractivity contribution in [1.29, 1.82) is 0 Å². The Balaban J connectivity index is 1.57. The maximum atomic E-state index is 13.9. The fraction of sp³-hybridized carbons (Fsp3) is 0.200. The Labute approximate surface area is 228 Å². The molecule has 9 heteroatoms. The molecule has 0 radical (unpaired) electrons. The highest BCUT2D eigenvalue weighted by molar-refractivity contribution is 7.07. The van der Waals surface area contributed by atoms with Gasteiger partial charge in [0, 0.05) is 17.7 Å². The first-order valence-corrected chi connectivity index (χ1v) is 13.5. The average molecular weight is 540 g/mol. The summed E-state index contributed by atoms with van der Waals surface area (Å²) >= 11 is 1.31. The molecule has 0 fully saturated rings. The van der Waals surface area contributed by atoms with Gasteiger partial charge in [-0.25, -0.2) is 4.99 Å². The molecular formula is C30H25N3O5S. The van der Waals surface area contributed by atoms with E-state index in [0.29, 0.717) is 39.4 Å². The number of non-ortho nitro benzene ring substituents is 1. The lowest BCUT2D eigenvalue weighted by Gasteiger charge is -2.30. The second-order valence-corrected chi connectivity index (χ2v) is 10.3. The van der Waals surface area contributed by atoms with Crippen molar-refractivity contribution in [1.82, 2.24) is 4.57 Å². The first-order valence-electron chi connectivity index (χ1n) is 12.7. The summed E-state index contributed by atoms with van der Waals surface area (Å²) in [7, 11) is 1.58. The van der Waals surface area contributed by atoms with Gasteiger partial charge in [-0.15, -0.1) is 0 Å². The minimum Gasteiger partial charge on any atom is -0.493 e. The Kier molecular flexibility index (Phi) is 6.36. The van der Waals surface area contributed by atoms with Crippen molar-refractivity contribution >= 4 is 28.8 Å². The van der Waals surface area contributed by atoms with Crippen LogP contribution in [0.3, 0.4) is 0 Å². The lowest BCUT2D eigenvalue weighted by Crippen LogP contribution is -2.38. The Morgan fingerprint density at radius 1 is 1.10 bits per heavy atom. The molecule has 2 heterocycles. The van der Waals surface area contributed by atoms with Crippen molar-refractivity contribution < 1.29 is 14.4 Å². The topological polar surface area (TPSA) is 96.0 Å². The number of aryl methyl sites for hydroxylation is 1. The van der Waals surface area contributed by atoms with E-state index in [-0.39, 0.29) is 11.2 Å². The minimum atomic E-state index is -0.485. The maximum Gasteiger partial charge on any atom is 0.271 e. The number of thiazole rings is 1. The number of fused-ring (bicyclic) bond motifs is 3. The molecular weight excluding hydrogens is 514 g/mol. The molecule has 1 atom stereocenters. The van der Waals surface area contributed by atoms with Crippen molar-refractivity contribution in [2.75, 3.05) is 13.7 Å². The maximum absolute atomic E-state index is 13.9. The van der Waals surface area contributed by atoms with Crippen LogP contribution >= 0.6 is 11.3 Å². The molecule has 0 amide bonds. The summed E-state index contributed by atoms with van der Waals surface area (Å²) in [6, 6.07) is 19.8. The molecule has 2 aliphatic rings. The molecule has 0 spiro atoms. The van der Waals surface area contributed by atoms with Gasteiger partial charge in [-0.3, -0.25) is 19.5 Å². The van der Waals surface area contributed by atoms with Crippen LogP contribution in [0.15, 0.2) is 82.1 Å². The molecule has 1 aliphatic heterocycles. The van der Waals surface area contributed by atoms with E-state index in [1.807, 2.05) is 49.4 Å². The molecule has 0 saturated heterocycles. The van der Waals surface area contributed by atoms with Gasteiger partial charge < -0.3 is 9.47 Å². The monoisotopic (exact) mass is 539 g/mol. The van der Waals surface area contributed by atoms with Crippen LogP contribution in [-0.4, -0.2) is 23.2 Å². The normalized spacial score (nSPS) is 16.2. The Hall–Kier alpha value is -4.50. The zero-order valence-electron chi connectivity index (χ0n) is 21.4. The second kappa shape index (κ2) is 9.99. The van der Waals surface area contributed by atoms with E-state index in [0.717, 1.165) is 28.8 Å². The summed E-state index contributed by atoms with van der Waals surface area (Å²) in [5.74, 6) is 1.22. The number of rotatable bonds is 6. The number of methoxy groups -OCH3 is 1. The molecule has 4 aromatic rings. The highest BCUT2D eigenvalue weighted by atomic mass is 32.1. The number of nitro groups is 1. The van der Waals surface area contributed by atoms with Crippen molar-refractivity contribution in [2.24, 2.45) is 4.99 Å². The predicted molar refractivity (Wildman–Crippen MR) is 150 cm³/mol. The molecule has 39 heavy (non-hydrogen) atoms. The molecule has 0 N–H and O–H groups in total. The van der Waals surface area contributed by atoms with Gasteiger partial charge in [0.25, 0.3) is 11.2 Å². The Bertz CT molecular complexity index is 1840. The van der Waals surface area contributed by atoms with Gasteiger partial charge in [-0.2, -0.15) is 0 Å². The summed E-state index contributed by atoms with van der Waals surface area (Å²) in [5, 5.41) is 11.6. The van der Waals surface area contributed by atoms with E-state index in [1.165, 1.54) is 23.0 Å². The third-order valence-electron chi connectivity index (χ3n) is 7.06. The zero-order chi connectivity index (χ0) is 27.1. The van der Waals surface area contributed by atoms with Gasteiger partial charge in [0.05, 0.1) is 34.9 Å². The molecule has 0 saturated carbocycles. The quantitative estimate of drug-likeness (QED) is 0.263. The highest BCUT2D eigenvalue weighted by Crippen LogP contribution is 2.41. The van der Waals surface area contributed by atoms with E-state index in [1.54, 1.807) is 23.8 Å². The molecule has 0 bridgehead atoms. The lowest BCUT2D eigenvalue weighted by molar-refractivity contribution is -0.384. The van der Waals surface area contributed by atoms with Crippen LogP contribution in [-0.2, 0) is 6.42 Å². The number of ether oxygens (including phenoxy) is 2. The SMILES string of the molecule is CCOc1ccc(/C=c2/sc3n(c2=O)[C@@H](c2cccc([N+](=O)[O-])c2)C2=C(N=3)c3ccccc3CC2)cc1OC. The van der Waals surface area contributed by atoms with Crippen LogP contribution in [0, 0.1) is 10.1 Å². The number of nitro benzene ring substituents is 1. The molecule has 3 aromatic carbocycles. The molecule has 0 unspecified atom stereocenters. The molecule has 8 nitrogen and oxygen atoms in total. The zero-order valence-corrected chi connectivity index (χ0v) is 22.2. The fourth-order valence-corrected chi connectivity index (χ4v) is 6.33. The number of hydrogen-bond acceptors (Lipinski definition) is 7. The summed E-state index contributed by atoms with van der Waals surface area (Å²) in [6.07, 6.45) is 3.35. The predicted octanol–water partition coefficient (Wildman–Crippen LogP) is 4.63. The van der Waals surface area contributed by atoms with Crippen molar-refractivity contribution in [3.05, 3.63) is 124 Å². The summed E-state index contributed by atoms with van der Waals surface area (Å²) < 4.78 is 13.3. The first-order chi connectivity index (χ1) is 19.0. The van der Waals surface area contributed by atoms with Crippen LogP contribution < -0.4 is 24.4 Å². The van der Waals surface area contributed by atoms with E-state index < -0.39 is 11.0 Å². The van der Waals surface area contributed by atoms with Crippen molar-refractivity contribution in [3.8, 4) is 11.5 Å². The van der Waals surface area contributed by atoms with Crippen molar-refractivity contribution in [3.63, 3.8) is 0 Å². The van der Waals surface area contributed by atoms with Gasteiger partial charge in [-0.1, -0.05) is 53.8 Å². The van der Waals surface area contributed by atoms with Gasteiger partial charge in [-0.05, 0) is 60.2 Å². The number of allylic oxidation sites excluding steroid dienone is 1. The van der Waals surface area contributed by atoms with Gasteiger partial charge in [0.2, 0.25) is 0 Å². The van der Waals surface area contributed by atoms with Crippen LogP contribution in [0.5, 0.6) is 11.5 Å². The summed E-state index contributed by atoms with van der Waals surface area (Å²) in [6.45, 7) is 2.42. The molecule has 6 rings (SSSR count). The number of aromatic nitrogens is 1. The largest absolute Gasteiger partial charge is 0.493 e. The number of hydrogen-bond donors (Lipinski definition) is 0. The molecule has 1 aliphatic carbocycles. The molecule has 196 valence electrons. The van der Waals surface area contributed by atoms with E-state index in [4.69, 9.17) is 14.5 Å². The van der Waals surface area contributed by atoms with Gasteiger partial charge in [0.1, 0.15) is 0 Å². The number of nitrogens with zero attached hydrogens (tertiary/aromatic N) is 3. The van der Waals surface area contributed by atoms with Crippen molar-refractivity contribution in [2.45, 2.75) is 25.8 Å². The second-order valence-electron chi connectivity index (χ2n) is 9.31. The summed E-state index contributed by atoms with van der Waals surface area (Å²) in [5.41, 5.74) is 5.39. The third kappa shape index (κ3) is 4.34. The first kappa shape index (κ1) is 24.8. The van der Waals surface area contributed by atoms with E-state index >= 15 is 0 Å². The Morgan fingerprint density at radius 2 is 1.95 bits per heavy atom. The lowest BCUT2D eigenvalue weighted by atomic mass is 9.83. The van der Waals surface area contributed by atoms with E-state index in [9.17, 15) is 14.9 Å².